The number of rotatable bonds is 8. The zero-order valence-corrected chi connectivity index (χ0v) is 17.1. The minimum absolute atomic E-state index is 0.263. The molecule has 0 aliphatic heterocycles. The van der Waals surface area contributed by atoms with Crippen molar-refractivity contribution in [3.8, 4) is 11.5 Å². The van der Waals surface area contributed by atoms with E-state index in [1.54, 1.807) is 13.8 Å². The average Bonchev–Trinajstić information content (AvgIpc) is 2.73. The highest BCUT2D eigenvalue weighted by Crippen LogP contribution is 2.30. The van der Waals surface area contributed by atoms with E-state index in [1.165, 1.54) is 0 Å². The van der Waals surface area contributed by atoms with Crippen molar-refractivity contribution in [2.24, 2.45) is 0 Å². The number of hydrogen-bond donors (Lipinski definition) is 0. The van der Waals surface area contributed by atoms with Gasteiger partial charge < -0.3 is 9.47 Å². The molecule has 0 aromatic heterocycles. The molecule has 28 heavy (non-hydrogen) atoms. The third-order valence-electron chi connectivity index (χ3n) is 4.47. The molecule has 0 N–H and O–H groups in total. The molecule has 0 heterocycles. The summed E-state index contributed by atoms with van der Waals surface area (Å²) in [7, 11) is 0. The SMILES string of the molecule is CCC(=O)Oc1c(/C=C/c2cccc(CC)c2OC(=O)CC)cccc1CC. The second kappa shape index (κ2) is 10.5. The summed E-state index contributed by atoms with van der Waals surface area (Å²) in [5, 5.41) is 0. The molecular formula is C24H28O4. The first-order chi connectivity index (χ1) is 13.5. The molecular weight excluding hydrogens is 352 g/mol. The number of para-hydroxylation sites is 2. The topological polar surface area (TPSA) is 52.6 Å². The lowest BCUT2D eigenvalue weighted by Crippen LogP contribution is -2.09. The minimum atomic E-state index is -0.263. The van der Waals surface area contributed by atoms with Crippen LogP contribution in [0.3, 0.4) is 0 Å². The quantitative estimate of drug-likeness (QED) is 0.339. The summed E-state index contributed by atoms with van der Waals surface area (Å²) in [5.41, 5.74) is 3.58. The Morgan fingerprint density at radius 3 is 1.43 bits per heavy atom. The Morgan fingerprint density at radius 2 is 1.11 bits per heavy atom. The van der Waals surface area contributed by atoms with Crippen LogP contribution in [0, 0.1) is 0 Å². The van der Waals surface area contributed by atoms with Gasteiger partial charge in [0, 0.05) is 24.0 Å². The molecule has 0 unspecified atom stereocenters. The molecule has 4 nitrogen and oxygen atoms in total. The Bertz CT molecular complexity index is 793. The predicted octanol–water partition coefficient (Wildman–Crippen LogP) is 5.61. The minimum Gasteiger partial charge on any atom is -0.426 e. The van der Waals surface area contributed by atoms with Crippen molar-refractivity contribution in [3.05, 3.63) is 58.7 Å². The Kier molecular flexibility index (Phi) is 8.00. The standard InChI is InChI=1S/C24H28O4/c1-5-17-11-9-13-19(23(17)27-21(25)7-3)15-16-20-14-10-12-18(6-2)24(20)28-22(26)8-4/h9-16H,5-8H2,1-4H3/b16-15+. The van der Waals surface area contributed by atoms with Gasteiger partial charge in [0.25, 0.3) is 0 Å². The van der Waals surface area contributed by atoms with Gasteiger partial charge in [0.1, 0.15) is 11.5 Å². The van der Waals surface area contributed by atoms with Crippen molar-refractivity contribution >= 4 is 24.1 Å². The maximum absolute atomic E-state index is 11.9. The number of carbonyl (C=O) groups excluding carboxylic acids is 2. The Balaban J connectivity index is 2.46. The van der Waals surface area contributed by atoms with Crippen LogP contribution in [0.2, 0.25) is 0 Å². The van der Waals surface area contributed by atoms with Crippen LogP contribution in [0.5, 0.6) is 11.5 Å². The Morgan fingerprint density at radius 1 is 0.714 bits per heavy atom. The van der Waals surface area contributed by atoms with Crippen LogP contribution in [0.1, 0.15) is 62.8 Å². The first-order valence-electron chi connectivity index (χ1n) is 9.87. The van der Waals surface area contributed by atoms with Crippen LogP contribution in [0.25, 0.3) is 12.2 Å². The van der Waals surface area contributed by atoms with Gasteiger partial charge in [-0.05, 0) is 24.0 Å². The van der Waals surface area contributed by atoms with Gasteiger partial charge in [-0.2, -0.15) is 0 Å². The van der Waals surface area contributed by atoms with E-state index in [1.807, 2.05) is 62.4 Å². The van der Waals surface area contributed by atoms with Crippen molar-refractivity contribution in [2.75, 3.05) is 0 Å². The highest BCUT2D eigenvalue weighted by Gasteiger charge is 2.13. The molecule has 0 aliphatic rings. The molecule has 0 amide bonds. The van der Waals surface area contributed by atoms with Crippen LogP contribution < -0.4 is 9.47 Å². The summed E-state index contributed by atoms with van der Waals surface area (Å²) in [4.78, 5) is 23.7. The fourth-order valence-electron chi connectivity index (χ4n) is 2.83. The summed E-state index contributed by atoms with van der Waals surface area (Å²) in [5.74, 6) is 0.654. The molecule has 2 aromatic carbocycles. The zero-order chi connectivity index (χ0) is 20.5. The van der Waals surface area contributed by atoms with Gasteiger partial charge in [0.15, 0.2) is 0 Å². The highest BCUT2D eigenvalue weighted by atomic mass is 16.5. The Labute approximate surface area is 167 Å². The lowest BCUT2D eigenvalue weighted by Gasteiger charge is -2.13. The van der Waals surface area contributed by atoms with Gasteiger partial charge in [-0.1, -0.05) is 76.2 Å². The number of esters is 2. The summed E-state index contributed by atoms with van der Waals surface area (Å²) >= 11 is 0. The number of aryl methyl sites for hydroxylation is 2. The van der Waals surface area contributed by atoms with Crippen LogP contribution in [-0.2, 0) is 22.4 Å². The summed E-state index contributed by atoms with van der Waals surface area (Å²) in [6, 6.07) is 11.6. The first-order valence-corrected chi connectivity index (χ1v) is 9.87. The van der Waals surface area contributed by atoms with Crippen LogP contribution >= 0.6 is 0 Å². The fourth-order valence-corrected chi connectivity index (χ4v) is 2.83. The van der Waals surface area contributed by atoms with Crippen LogP contribution in [0.15, 0.2) is 36.4 Å². The third-order valence-corrected chi connectivity index (χ3v) is 4.47. The molecule has 2 aromatic rings. The third kappa shape index (κ3) is 5.32. The summed E-state index contributed by atoms with van der Waals surface area (Å²) in [6.45, 7) is 7.60. The molecule has 0 atom stereocenters. The van der Waals surface area contributed by atoms with Crippen molar-refractivity contribution < 1.29 is 19.1 Å². The van der Waals surface area contributed by atoms with E-state index in [0.29, 0.717) is 24.3 Å². The van der Waals surface area contributed by atoms with E-state index in [9.17, 15) is 9.59 Å². The number of ether oxygens (including phenoxy) is 2. The lowest BCUT2D eigenvalue weighted by molar-refractivity contribution is -0.135. The summed E-state index contributed by atoms with van der Waals surface area (Å²) in [6.07, 6.45) is 5.95. The molecule has 0 spiro atoms. The average molecular weight is 380 g/mol. The molecule has 0 aliphatic carbocycles. The zero-order valence-electron chi connectivity index (χ0n) is 17.1. The number of benzene rings is 2. The predicted molar refractivity (Wildman–Crippen MR) is 112 cm³/mol. The fraction of sp³-hybridized carbons (Fsp3) is 0.333. The van der Waals surface area contributed by atoms with E-state index >= 15 is 0 Å². The van der Waals surface area contributed by atoms with Gasteiger partial charge in [-0.15, -0.1) is 0 Å². The molecule has 2 rings (SSSR count). The number of hydrogen-bond acceptors (Lipinski definition) is 4. The smallest absolute Gasteiger partial charge is 0.310 e. The van der Waals surface area contributed by atoms with E-state index in [2.05, 4.69) is 0 Å². The van der Waals surface area contributed by atoms with E-state index in [4.69, 9.17) is 9.47 Å². The molecule has 0 radical (unpaired) electrons. The van der Waals surface area contributed by atoms with E-state index in [-0.39, 0.29) is 11.9 Å². The molecule has 0 saturated heterocycles. The van der Waals surface area contributed by atoms with Gasteiger partial charge in [0.2, 0.25) is 0 Å². The van der Waals surface area contributed by atoms with Crippen molar-refractivity contribution in [2.45, 2.75) is 53.4 Å². The Hall–Kier alpha value is -2.88. The van der Waals surface area contributed by atoms with Crippen LogP contribution in [-0.4, -0.2) is 11.9 Å². The monoisotopic (exact) mass is 380 g/mol. The molecule has 0 saturated carbocycles. The van der Waals surface area contributed by atoms with Gasteiger partial charge in [-0.3, -0.25) is 9.59 Å². The molecule has 4 heteroatoms. The van der Waals surface area contributed by atoms with Crippen molar-refractivity contribution in [3.63, 3.8) is 0 Å². The normalized spacial score (nSPS) is 10.9. The first kappa shape index (κ1) is 21.4. The van der Waals surface area contributed by atoms with E-state index < -0.39 is 0 Å². The largest absolute Gasteiger partial charge is 0.426 e. The molecule has 0 bridgehead atoms. The second-order valence-corrected chi connectivity index (χ2v) is 6.37. The highest BCUT2D eigenvalue weighted by molar-refractivity contribution is 5.81. The van der Waals surface area contributed by atoms with Crippen molar-refractivity contribution in [1.82, 2.24) is 0 Å². The summed E-state index contributed by atoms with van der Waals surface area (Å²) < 4.78 is 11.2. The van der Waals surface area contributed by atoms with E-state index in [0.717, 1.165) is 35.1 Å². The maximum Gasteiger partial charge on any atom is 0.310 e. The second-order valence-electron chi connectivity index (χ2n) is 6.37. The number of carbonyl (C=O) groups is 2. The van der Waals surface area contributed by atoms with Crippen molar-refractivity contribution in [1.29, 1.82) is 0 Å². The molecule has 0 fully saturated rings. The van der Waals surface area contributed by atoms with Gasteiger partial charge in [0.05, 0.1) is 0 Å². The lowest BCUT2D eigenvalue weighted by atomic mass is 10.0. The van der Waals surface area contributed by atoms with Crippen LogP contribution in [0.4, 0.5) is 0 Å². The van der Waals surface area contributed by atoms with Gasteiger partial charge >= 0.3 is 11.9 Å². The molecule has 148 valence electrons. The maximum atomic E-state index is 11.9. The van der Waals surface area contributed by atoms with Gasteiger partial charge in [-0.25, -0.2) is 0 Å².